The average Bonchev–Trinajstić information content (AvgIpc) is 2.93. The zero-order valence-corrected chi connectivity index (χ0v) is 22.8. The van der Waals surface area contributed by atoms with Crippen molar-refractivity contribution in [1.29, 1.82) is 0 Å². The Morgan fingerprint density at radius 3 is 2.27 bits per heavy atom. The van der Waals surface area contributed by atoms with Gasteiger partial charge in [0.2, 0.25) is 0 Å². The van der Waals surface area contributed by atoms with Gasteiger partial charge in [0.1, 0.15) is 18.1 Å². The van der Waals surface area contributed by atoms with Crippen LogP contribution < -0.4 is 19.5 Å². The van der Waals surface area contributed by atoms with Crippen LogP contribution in [0.2, 0.25) is 0 Å². The molecule has 37 heavy (non-hydrogen) atoms. The van der Waals surface area contributed by atoms with Crippen LogP contribution in [0.3, 0.4) is 0 Å². The number of para-hydroxylation sites is 1. The molecule has 0 spiro atoms. The highest BCUT2D eigenvalue weighted by molar-refractivity contribution is 14.1. The predicted molar refractivity (Wildman–Crippen MR) is 159 cm³/mol. The zero-order valence-electron chi connectivity index (χ0n) is 20.6. The maximum Gasteiger partial charge on any atom is 0.174 e. The molecule has 0 saturated heterocycles. The first-order valence-corrected chi connectivity index (χ1v) is 13.4. The molecule has 0 amide bonds. The Morgan fingerprint density at radius 1 is 0.730 bits per heavy atom. The normalized spacial score (nSPS) is 10.8. The molecule has 0 aliphatic heterocycles. The Morgan fingerprint density at radius 2 is 1.46 bits per heavy atom. The second kappa shape index (κ2) is 12.0. The molecule has 0 fully saturated rings. The summed E-state index contributed by atoms with van der Waals surface area (Å²) in [6.45, 7) is 3.71. The van der Waals surface area contributed by atoms with Gasteiger partial charge in [-0.3, -0.25) is 0 Å². The molecule has 0 heterocycles. The van der Waals surface area contributed by atoms with E-state index in [0.717, 1.165) is 43.4 Å². The van der Waals surface area contributed by atoms with Gasteiger partial charge in [-0.25, -0.2) is 0 Å². The van der Waals surface area contributed by atoms with E-state index >= 15 is 0 Å². The zero-order chi connectivity index (χ0) is 25.5. The minimum absolute atomic E-state index is 0.479. The highest BCUT2D eigenvalue weighted by atomic mass is 127. The van der Waals surface area contributed by atoms with Gasteiger partial charge in [0.05, 0.1) is 10.2 Å². The monoisotopic (exact) mass is 601 g/mol. The smallest absolute Gasteiger partial charge is 0.174 e. The number of fused-ring (bicyclic) bond motifs is 1. The summed E-state index contributed by atoms with van der Waals surface area (Å²) < 4.78 is 19.2. The van der Waals surface area contributed by atoms with E-state index in [9.17, 15) is 0 Å². The molecule has 0 atom stereocenters. The maximum absolute atomic E-state index is 6.33. The van der Waals surface area contributed by atoms with E-state index < -0.39 is 0 Å². The summed E-state index contributed by atoms with van der Waals surface area (Å²) in [5, 5.41) is 5.91. The van der Waals surface area contributed by atoms with Crippen molar-refractivity contribution in [2.45, 2.75) is 20.1 Å². The van der Waals surface area contributed by atoms with Gasteiger partial charge >= 0.3 is 0 Å². The lowest BCUT2D eigenvalue weighted by molar-refractivity contribution is 0.268. The van der Waals surface area contributed by atoms with Crippen molar-refractivity contribution in [2.24, 2.45) is 0 Å². The molecule has 1 N–H and O–H groups in total. The summed E-state index contributed by atoms with van der Waals surface area (Å²) in [4.78, 5) is 0. The quantitative estimate of drug-likeness (QED) is 0.163. The fourth-order valence-corrected chi connectivity index (χ4v) is 4.99. The van der Waals surface area contributed by atoms with Gasteiger partial charge in [-0.1, -0.05) is 60.7 Å². The van der Waals surface area contributed by atoms with Crippen molar-refractivity contribution in [2.75, 3.05) is 11.9 Å². The molecule has 5 aromatic rings. The van der Waals surface area contributed by atoms with Crippen LogP contribution in [0.1, 0.15) is 18.1 Å². The number of nitrogens with one attached hydrogen (secondary N) is 1. The van der Waals surface area contributed by atoms with Crippen molar-refractivity contribution in [3.63, 3.8) is 0 Å². The maximum atomic E-state index is 6.33. The number of hydrogen-bond acceptors (Lipinski definition) is 4. The highest BCUT2D eigenvalue weighted by Gasteiger charge is 2.13. The minimum Gasteiger partial charge on any atom is -0.490 e. The van der Waals surface area contributed by atoms with Crippen molar-refractivity contribution in [1.82, 2.24) is 0 Å². The summed E-state index contributed by atoms with van der Waals surface area (Å²) in [6, 6.07) is 36.7. The van der Waals surface area contributed by atoms with E-state index in [-0.39, 0.29) is 0 Å². The Balaban J connectivity index is 1.26. The predicted octanol–water partition coefficient (Wildman–Crippen LogP) is 8.83. The second-order valence-electron chi connectivity index (χ2n) is 8.56. The number of rotatable bonds is 10. The lowest BCUT2D eigenvalue weighted by Crippen LogP contribution is -2.05. The first-order valence-electron chi connectivity index (χ1n) is 12.3. The van der Waals surface area contributed by atoms with Crippen molar-refractivity contribution in [3.8, 4) is 23.0 Å². The largest absolute Gasteiger partial charge is 0.490 e. The van der Waals surface area contributed by atoms with Crippen LogP contribution in [0, 0.1) is 3.57 Å². The second-order valence-corrected chi connectivity index (χ2v) is 9.72. The molecule has 5 heteroatoms. The number of anilines is 1. The summed E-state index contributed by atoms with van der Waals surface area (Å²) in [5.41, 5.74) is 3.29. The van der Waals surface area contributed by atoms with E-state index in [4.69, 9.17) is 14.2 Å². The van der Waals surface area contributed by atoms with Crippen LogP contribution >= 0.6 is 22.6 Å². The van der Waals surface area contributed by atoms with Crippen LogP contribution in [-0.4, -0.2) is 6.61 Å². The van der Waals surface area contributed by atoms with Crippen LogP contribution in [0.15, 0.2) is 109 Å². The molecular formula is C32H28INO3. The number of halogens is 1. The van der Waals surface area contributed by atoms with Gasteiger partial charge in [-0.2, -0.15) is 0 Å². The number of hydrogen-bond donors (Lipinski definition) is 1. The Labute approximate surface area is 231 Å². The molecule has 0 aromatic heterocycles. The molecule has 186 valence electrons. The van der Waals surface area contributed by atoms with Gasteiger partial charge < -0.3 is 19.5 Å². The Kier molecular flexibility index (Phi) is 8.11. The van der Waals surface area contributed by atoms with E-state index in [2.05, 4.69) is 82.5 Å². The van der Waals surface area contributed by atoms with Gasteiger partial charge in [0.25, 0.3) is 0 Å². The number of benzene rings is 5. The molecule has 0 aliphatic rings. The highest BCUT2D eigenvalue weighted by Crippen LogP contribution is 2.36. The van der Waals surface area contributed by atoms with E-state index in [1.165, 1.54) is 10.8 Å². The lowest BCUT2D eigenvalue weighted by Gasteiger charge is -2.17. The Hall–Kier alpha value is -3.71. The molecule has 4 nitrogen and oxygen atoms in total. The third-order valence-corrected chi connectivity index (χ3v) is 6.75. The summed E-state index contributed by atoms with van der Waals surface area (Å²) >= 11 is 2.33. The van der Waals surface area contributed by atoms with E-state index in [0.29, 0.717) is 19.8 Å². The summed E-state index contributed by atoms with van der Waals surface area (Å²) in [7, 11) is 0. The van der Waals surface area contributed by atoms with Crippen LogP contribution in [0.5, 0.6) is 23.0 Å². The van der Waals surface area contributed by atoms with Gasteiger partial charge in [-0.05, 0) is 99.9 Å². The van der Waals surface area contributed by atoms with Gasteiger partial charge in [0.15, 0.2) is 11.5 Å². The molecule has 5 aromatic carbocycles. The Bertz CT molecular complexity index is 1460. The van der Waals surface area contributed by atoms with Gasteiger partial charge in [-0.15, -0.1) is 0 Å². The summed E-state index contributed by atoms with van der Waals surface area (Å²) in [5.74, 6) is 3.17. The first-order chi connectivity index (χ1) is 18.2. The number of ether oxygens (including phenoxy) is 3. The van der Waals surface area contributed by atoms with Crippen molar-refractivity contribution in [3.05, 3.63) is 124 Å². The average molecular weight is 601 g/mol. The molecule has 0 unspecified atom stereocenters. The van der Waals surface area contributed by atoms with Crippen molar-refractivity contribution >= 4 is 39.1 Å². The standard InChI is InChI=1S/C32H28INO3/c1-2-35-31-20-23(21-34-26-15-17-28(18-16-26)37-27-12-4-3-5-13-27)19-30(33)32(31)36-22-25-11-8-10-24-9-6-7-14-29(24)25/h3-20,34H,2,21-22H2,1H3. The first kappa shape index (κ1) is 25.0. The van der Waals surface area contributed by atoms with Crippen LogP contribution in [-0.2, 0) is 13.2 Å². The van der Waals surface area contributed by atoms with Crippen LogP contribution in [0.25, 0.3) is 10.8 Å². The topological polar surface area (TPSA) is 39.7 Å². The van der Waals surface area contributed by atoms with Crippen LogP contribution in [0.4, 0.5) is 5.69 Å². The SMILES string of the molecule is CCOc1cc(CNc2ccc(Oc3ccccc3)cc2)cc(I)c1OCc1cccc2ccccc12. The molecule has 0 bridgehead atoms. The molecule has 0 aliphatic carbocycles. The van der Waals surface area contributed by atoms with Crippen molar-refractivity contribution < 1.29 is 14.2 Å². The molecule has 0 saturated carbocycles. The van der Waals surface area contributed by atoms with E-state index in [1.54, 1.807) is 0 Å². The molecular weight excluding hydrogens is 573 g/mol. The fourth-order valence-electron chi connectivity index (χ4n) is 4.16. The third-order valence-electron chi connectivity index (χ3n) is 5.95. The van der Waals surface area contributed by atoms with E-state index in [1.807, 2.05) is 61.5 Å². The molecule has 0 radical (unpaired) electrons. The summed E-state index contributed by atoms with van der Waals surface area (Å²) in [6.07, 6.45) is 0. The third kappa shape index (κ3) is 6.35. The van der Waals surface area contributed by atoms with Gasteiger partial charge in [0, 0.05) is 12.2 Å². The molecule has 5 rings (SSSR count). The minimum atomic E-state index is 0.479. The fraction of sp³-hybridized carbons (Fsp3) is 0.125. The lowest BCUT2D eigenvalue weighted by atomic mass is 10.1.